The first-order valence-corrected chi connectivity index (χ1v) is 5.18. The summed E-state index contributed by atoms with van der Waals surface area (Å²) in [6, 6.07) is 5.30. The number of nitrogens with one attached hydrogen (secondary N) is 1. The molecule has 90 valence electrons. The van der Waals surface area contributed by atoms with Crippen LogP contribution in [0.2, 0.25) is 0 Å². The van der Waals surface area contributed by atoms with E-state index in [0.29, 0.717) is 0 Å². The van der Waals surface area contributed by atoms with Gasteiger partial charge >= 0.3 is 0 Å². The molecule has 0 aliphatic carbocycles. The number of amides is 1. The summed E-state index contributed by atoms with van der Waals surface area (Å²) >= 11 is 0. The second-order valence-corrected chi connectivity index (χ2v) is 4.00. The molecule has 17 heavy (non-hydrogen) atoms. The fourth-order valence-electron chi connectivity index (χ4n) is 1.32. The Hall–Kier alpha value is -2.22. The van der Waals surface area contributed by atoms with Crippen molar-refractivity contribution in [3.8, 4) is 17.6 Å². The van der Waals surface area contributed by atoms with Gasteiger partial charge in [-0.25, -0.2) is 0 Å². The highest BCUT2D eigenvalue weighted by molar-refractivity contribution is 5.99. The van der Waals surface area contributed by atoms with Gasteiger partial charge in [-0.2, -0.15) is 5.26 Å². The van der Waals surface area contributed by atoms with Crippen molar-refractivity contribution < 1.29 is 15.0 Å². The zero-order valence-electron chi connectivity index (χ0n) is 9.64. The summed E-state index contributed by atoms with van der Waals surface area (Å²) in [4.78, 5) is 11.8. The molecule has 0 aliphatic heterocycles. The molecule has 1 aromatic rings. The Labute approximate surface area is 99.3 Å². The third-order valence-corrected chi connectivity index (χ3v) is 2.34. The van der Waals surface area contributed by atoms with Gasteiger partial charge in [-0.15, -0.1) is 0 Å². The topological polar surface area (TPSA) is 93.4 Å². The highest BCUT2D eigenvalue weighted by atomic mass is 16.3. The smallest absolute Gasteiger partial charge is 0.259 e. The molecular weight excluding hydrogens is 220 g/mol. The lowest BCUT2D eigenvalue weighted by Crippen LogP contribution is -2.37. The van der Waals surface area contributed by atoms with E-state index < -0.39 is 11.9 Å². The van der Waals surface area contributed by atoms with Crippen LogP contribution in [0.1, 0.15) is 24.2 Å². The van der Waals surface area contributed by atoms with Crippen molar-refractivity contribution in [2.24, 2.45) is 5.92 Å². The molecule has 0 saturated carbocycles. The van der Waals surface area contributed by atoms with Crippen LogP contribution in [0.3, 0.4) is 0 Å². The number of hydrogen-bond acceptors (Lipinski definition) is 4. The van der Waals surface area contributed by atoms with Gasteiger partial charge in [0.25, 0.3) is 5.91 Å². The number of aromatic hydroxyl groups is 2. The lowest BCUT2D eigenvalue weighted by Gasteiger charge is -2.15. The molecule has 0 radical (unpaired) electrons. The molecule has 1 unspecified atom stereocenters. The van der Waals surface area contributed by atoms with E-state index in [4.69, 9.17) is 5.26 Å². The molecule has 0 heterocycles. The molecule has 0 bridgehead atoms. The average molecular weight is 234 g/mol. The van der Waals surface area contributed by atoms with Crippen molar-refractivity contribution in [3.63, 3.8) is 0 Å². The van der Waals surface area contributed by atoms with E-state index in [0.717, 1.165) is 0 Å². The molecular formula is C12H14N2O3. The summed E-state index contributed by atoms with van der Waals surface area (Å²) < 4.78 is 0. The molecule has 1 rings (SSSR count). The maximum absolute atomic E-state index is 11.8. The molecule has 3 N–H and O–H groups in total. The Kier molecular flexibility index (Phi) is 3.94. The van der Waals surface area contributed by atoms with Crippen molar-refractivity contribution in [2.75, 3.05) is 0 Å². The van der Waals surface area contributed by atoms with E-state index in [9.17, 15) is 15.0 Å². The van der Waals surface area contributed by atoms with Crippen molar-refractivity contribution in [3.05, 3.63) is 23.8 Å². The lowest BCUT2D eigenvalue weighted by atomic mass is 10.0. The van der Waals surface area contributed by atoms with Gasteiger partial charge in [0, 0.05) is 0 Å². The number of nitriles is 1. The van der Waals surface area contributed by atoms with Gasteiger partial charge in [0.15, 0.2) is 0 Å². The minimum Gasteiger partial charge on any atom is -0.507 e. The van der Waals surface area contributed by atoms with Gasteiger partial charge in [-0.1, -0.05) is 19.9 Å². The van der Waals surface area contributed by atoms with E-state index in [1.165, 1.54) is 18.2 Å². The SMILES string of the molecule is CC(C)C(C#N)NC(=O)c1c(O)cccc1O. The van der Waals surface area contributed by atoms with Crippen molar-refractivity contribution in [1.82, 2.24) is 5.32 Å². The molecule has 0 fully saturated rings. The Bertz CT molecular complexity index is 443. The predicted octanol–water partition coefficient (Wildman–Crippen LogP) is 1.38. The van der Waals surface area contributed by atoms with E-state index in [1.54, 1.807) is 13.8 Å². The number of phenolic OH excluding ortho intramolecular Hbond substituents is 2. The fraction of sp³-hybridized carbons (Fsp3) is 0.333. The fourth-order valence-corrected chi connectivity index (χ4v) is 1.32. The van der Waals surface area contributed by atoms with Gasteiger partial charge in [0.2, 0.25) is 0 Å². The van der Waals surface area contributed by atoms with Crippen molar-refractivity contribution >= 4 is 5.91 Å². The average Bonchev–Trinajstić information content (AvgIpc) is 2.25. The molecule has 0 spiro atoms. The van der Waals surface area contributed by atoms with Gasteiger partial charge < -0.3 is 15.5 Å². The van der Waals surface area contributed by atoms with Crippen LogP contribution < -0.4 is 5.32 Å². The summed E-state index contributed by atoms with van der Waals surface area (Å²) in [6.45, 7) is 3.58. The molecule has 0 aliphatic rings. The van der Waals surface area contributed by atoms with Crippen LogP contribution in [-0.4, -0.2) is 22.2 Å². The van der Waals surface area contributed by atoms with Crippen LogP contribution in [0.5, 0.6) is 11.5 Å². The van der Waals surface area contributed by atoms with E-state index in [-0.39, 0.29) is 23.0 Å². The van der Waals surface area contributed by atoms with E-state index in [1.807, 2.05) is 6.07 Å². The standard InChI is InChI=1S/C12H14N2O3/c1-7(2)8(6-13)14-12(17)11-9(15)4-3-5-10(11)16/h3-5,7-8,15-16H,1-2H3,(H,14,17). The number of benzene rings is 1. The zero-order valence-corrected chi connectivity index (χ0v) is 9.64. The third kappa shape index (κ3) is 2.88. The second-order valence-electron chi connectivity index (χ2n) is 4.00. The summed E-state index contributed by atoms with van der Waals surface area (Å²) in [5, 5.41) is 30.2. The zero-order chi connectivity index (χ0) is 13.0. The van der Waals surface area contributed by atoms with Gasteiger partial charge in [0.1, 0.15) is 23.1 Å². The largest absolute Gasteiger partial charge is 0.507 e. The number of rotatable bonds is 3. The minimum absolute atomic E-state index is 0.0584. The van der Waals surface area contributed by atoms with Crippen molar-refractivity contribution in [2.45, 2.75) is 19.9 Å². The molecule has 1 aromatic carbocycles. The van der Waals surface area contributed by atoms with Gasteiger partial charge in [-0.3, -0.25) is 4.79 Å². The molecule has 1 amide bonds. The number of hydrogen-bond donors (Lipinski definition) is 3. The van der Waals surface area contributed by atoms with E-state index >= 15 is 0 Å². The Morgan fingerprint density at radius 3 is 2.29 bits per heavy atom. The molecule has 1 atom stereocenters. The van der Waals surface area contributed by atoms with Crippen molar-refractivity contribution in [1.29, 1.82) is 5.26 Å². The normalized spacial score (nSPS) is 11.9. The van der Waals surface area contributed by atoms with Gasteiger partial charge in [-0.05, 0) is 18.1 Å². The summed E-state index contributed by atoms with van der Waals surface area (Å²) in [5.41, 5.74) is -0.214. The molecule has 0 saturated heterocycles. The lowest BCUT2D eigenvalue weighted by molar-refractivity contribution is 0.0932. The Morgan fingerprint density at radius 2 is 1.88 bits per heavy atom. The maximum atomic E-state index is 11.8. The Morgan fingerprint density at radius 1 is 1.35 bits per heavy atom. The van der Waals surface area contributed by atoms with Crippen LogP contribution >= 0.6 is 0 Å². The molecule has 0 aromatic heterocycles. The molecule has 5 heteroatoms. The maximum Gasteiger partial charge on any atom is 0.259 e. The van der Waals surface area contributed by atoms with Gasteiger partial charge in [0.05, 0.1) is 6.07 Å². The van der Waals surface area contributed by atoms with Crippen LogP contribution in [0.4, 0.5) is 0 Å². The van der Waals surface area contributed by atoms with Crippen LogP contribution in [0.25, 0.3) is 0 Å². The van der Waals surface area contributed by atoms with Crippen LogP contribution in [-0.2, 0) is 0 Å². The first-order valence-electron chi connectivity index (χ1n) is 5.18. The first-order chi connectivity index (χ1) is 7.97. The highest BCUT2D eigenvalue weighted by Gasteiger charge is 2.21. The number of carbonyl (C=O) groups excluding carboxylic acids is 1. The summed E-state index contributed by atoms with van der Waals surface area (Å²) in [6.07, 6.45) is 0. The van der Waals surface area contributed by atoms with Crippen LogP contribution in [0.15, 0.2) is 18.2 Å². The second kappa shape index (κ2) is 5.21. The predicted molar refractivity (Wildman–Crippen MR) is 61.5 cm³/mol. The number of carbonyl (C=O) groups is 1. The first kappa shape index (κ1) is 12.8. The molecule has 5 nitrogen and oxygen atoms in total. The Balaban J connectivity index is 2.95. The van der Waals surface area contributed by atoms with Crippen LogP contribution in [0, 0.1) is 17.2 Å². The summed E-state index contributed by atoms with van der Waals surface area (Å²) in [5.74, 6) is -1.36. The number of phenols is 2. The monoisotopic (exact) mass is 234 g/mol. The number of nitrogens with zero attached hydrogens (tertiary/aromatic N) is 1. The third-order valence-electron chi connectivity index (χ3n) is 2.34. The quantitative estimate of drug-likeness (QED) is 0.736. The highest BCUT2D eigenvalue weighted by Crippen LogP contribution is 2.26. The van der Waals surface area contributed by atoms with E-state index in [2.05, 4.69) is 5.32 Å². The summed E-state index contributed by atoms with van der Waals surface area (Å²) in [7, 11) is 0. The minimum atomic E-state index is -0.666.